The second kappa shape index (κ2) is 6.80. The van der Waals surface area contributed by atoms with Crippen molar-refractivity contribution in [3.63, 3.8) is 0 Å². The van der Waals surface area contributed by atoms with Crippen molar-refractivity contribution >= 4 is 17.7 Å². The van der Waals surface area contributed by atoms with Crippen LogP contribution in [0.1, 0.15) is 29.2 Å². The number of carbonyl (C=O) groups is 1. The topological polar surface area (TPSA) is 71.2 Å². The summed E-state index contributed by atoms with van der Waals surface area (Å²) in [5, 5.41) is 14.7. The van der Waals surface area contributed by atoms with Gasteiger partial charge in [0.2, 0.25) is 0 Å². The van der Waals surface area contributed by atoms with E-state index in [4.69, 9.17) is 0 Å². The van der Waals surface area contributed by atoms with Gasteiger partial charge in [-0.2, -0.15) is 5.10 Å². The molecule has 2 aromatic rings. The van der Waals surface area contributed by atoms with Gasteiger partial charge in [0.15, 0.2) is 0 Å². The van der Waals surface area contributed by atoms with Crippen molar-refractivity contribution in [1.82, 2.24) is 19.7 Å². The zero-order valence-corrected chi connectivity index (χ0v) is 15.0. The molecule has 2 aliphatic rings. The SMILES string of the molecule is CSc1ccc(C(=O)N2C[C@H]3C[C@@H](n4cncn4)[C@H](O)C[C@H]3C2)cc1. The van der Waals surface area contributed by atoms with E-state index in [9.17, 15) is 9.90 Å². The van der Waals surface area contributed by atoms with Gasteiger partial charge in [0, 0.05) is 23.5 Å². The van der Waals surface area contributed by atoms with Gasteiger partial charge < -0.3 is 10.0 Å². The van der Waals surface area contributed by atoms with Crippen LogP contribution in [-0.2, 0) is 0 Å². The van der Waals surface area contributed by atoms with Crippen LogP contribution in [-0.4, -0.2) is 56.1 Å². The number of benzene rings is 1. The molecule has 1 aromatic carbocycles. The fourth-order valence-corrected chi connectivity index (χ4v) is 4.57. The summed E-state index contributed by atoms with van der Waals surface area (Å²) in [4.78, 5) is 19.9. The van der Waals surface area contributed by atoms with E-state index in [-0.39, 0.29) is 11.9 Å². The molecule has 2 heterocycles. The van der Waals surface area contributed by atoms with Crippen LogP contribution in [0.15, 0.2) is 41.8 Å². The van der Waals surface area contributed by atoms with Gasteiger partial charge in [0.05, 0.1) is 12.1 Å². The minimum Gasteiger partial charge on any atom is -0.391 e. The molecule has 132 valence electrons. The summed E-state index contributed by atoms with van der Waals surface area (Å²) in [6.07, 6.45) is 6.31. The number of thioether (sulfide) groups is 1. The van der Waals surface area contributed by atoms with Crippen LogP contribution in [0, 0.1) is 11.8 Å². The molecule has 7 heteroatoms. The molecule has 1 aliphatic carbocycles. The molecule has 0 radical (unpaired) electrons. The lowest BCUT2D eigenvalue weighted by molar-refractivity contribution is 0.0304. The molecular weight excluding hydrogens is 336 g/mol. The third-order valence-corrected chi connectivity index (χ3v) is 6.25. The molecule has 2 fully saturated rings. The maximum Gasteiger partial charge on any atom is 0.253 e. The molecule has 1 saturated carbocycles. The first-order valence-corrected chi connectivity index (χ1v) is 9.83. The molecule has 1 amide bonds. The third kappa shape index (κ3) is 3.18. The minimum atomic E-state index is -0.432. The Morgan fingerprint density at radius 1 is 1.20 bits per heavy atom. The van der Waals surface area contributed by atoms with E-state index in [1.54, 1.807) is 22.8 Å². The number of hydrogen-bond donors (Lipinski definition) is 1. The monoisotopic (exact) mass is 358 g/mol. The van der Waals surface area contributed by atoms with Crippen molar-refractivity contribution in [2.75, 3.05) is 19.3 Å². The predicted molar refractivity (Wildman–Crippen MR) is 95.4 cm³/mol. The molecule has 0 unspecified atom stereocenters. The molecule has 4 atom stereocenters. The van der Waals surface area contributed by atoms with E-state index in [2.05, 4.69) is 10.1 Å². The smallest absolute Gasteiger partial charge is 0.253 e. The van der Waals surface area contributed by atoms with Crippen LogP contribution in [0.5, 0.6) is 0 Å². The number of aliphatic hydroxyl groups excluding tert-OH is 1. The molecule has 1 aromatic heterocycles. The van der Waals surface area contributed by atoms with Crippen molar-refractivity contribution in [2.24, 2.45) is 11.8 Å². The third-order valence-electron chi connectivity index (χ3n) is 5.51. The van der Waals surface area contributed by atoms with E-state index in [0.717, 1.165) is 30.0 Å². The lowest BCUT2D eigenvalue weighted by Gasteiger charge is -2.34. The van der Waals surface area contributed by atoms with Crippen LogP contribution in [0.3, 0.4) is 0 Å². The number of aromatic nitrogens is 3. The Morgan fingerprint density at radius 2 is 1.92 bits per heavy atom. The summed E-state index contributed by atoms with van der Waals surface area (Å²) in [6.45, 7) is 1.49. The Bertz CT molecular complexity index is 734. The molecule has 0 bridgehead atoms. The molecule has 4 rings (SSSR count). The Morgan fingerprint density at radius 3 is 2.56 bits per heavy atom. The first-order valence-electron chi connectivity index (χ1n) is 8.61. The second-order valence-corrected chi connectivity index (χ2v) is 7.82. The molecule has 0 spiro atoms. The van der Waals surface area contributed by atoms with Gasteiger partial charge in [-0.15, -0.1) is 11.8 Å². The highest BCUT2D eigenvalue weighted by molar-refractivity contribution is 7.98. The number of aliphatic hydroxyl groups is 1. The van der Waals surface area contributed by atoms with E-state index < -0.39 is 6.10 Å². The van der Waals surface area contributed by atoms with Crippen molar-refractivity contribution in [1.29, 1.82) is 0 Å². The van der Waals surface area contributed by atoms with Crippen LogP contribution < -0.4 is 0 Å². The molecule has 1 N–H and O–H groups in total. The van der Waals surface area contributed by atoms with E-state index in [1.807, 2.05) is 35.4 Å². The lowest BCUT2D eigenvalue weighted by atomic mass is 9.77. The molecule has 6 nitrogen and oxygen atoms in total. The van der Waals surface area contributed by atoms with Gasteiger partial charge in [-0.3, -0.25) is 4.79 Å². The van der Waals surface area contributed by atoms with Crippen LogP contribution in [0.2, 0.25) is 0 Å². The molecule has 1 aliphatic heterocycles. The van der Waals surface area contributed by atoms with E-state index in [0.29, 0.717) is 18.3 Å². The average molecular weight is 358 g/mol. The highest BCUT2D eigenvalue weighted by atomic mass is 32.2. The Labute approximate surface area is 151 Å². The average Bonchev–Trinajstić information content (AvgIpc) is 3.29. The largest absolute Gasteiger partial charge is 0.391 e. The van der Waals surface area contributed by atoms with Crippen LogP contribution in [0.4, 0.5) is 0 Å². The summed E-state index contributed by atoms with van der Waals surface area (Å²) in [5.74, 6) is 0.866. The number of hydrogen-bond acceptors (Lipinski definition) is 5. The number of amides is 1. The van der Waals surface area contributed by atoms with Gasteiger partial charge in [0.25, 0.3) is 5.91 Å². The summed E-state index contributed by atoms with van der Waals surface area (Å²) in [6, 6.07) is 7.75. The highest BCUT2D eigenvalue weighted by Gasteiger charge is 2.43. The van der Waals surface area contributed by atoms with Gasteiger partial charge in [-0.05, 0) is 55.2 Å². The summed E-state index contributed by atoms with van der Waals surface area (Å²) in [7, 11) is 0. The van der Waals surface area contributed by atoms with Crippen LogP contribution >= 0.6 is 11.8 Å². The summed E-state index contributed by atoms with van der Waals surface area (Å²) >= 11 is 1.67. The van der Waals surface area contributed by atoms with Crippen molar-refractivity contribution in [3.05, 3.63) is 42.5 Å². The Balaban J connectivity index is 1.46. The first kappa shape index (κ1) is 16.6. The van der Waals surface area contributed by atoms with Crippen molar-refractivity contribution in [2.45, 2.75) is 29.9 Å². The number of likely N-dealkylation sites (tertiary alicyclic amines) is 1. The predicted octanol–water partition coefficient (Wildman–Crippen LogP) is 2.08. The Kier molecular flexibility index (Phi) is 4.52. The normalized spacial score (nSPS) is 28.8. The number of nitrogens with zero attached hydrogens (tertiary/aromatic N) is 4. The Hall–Kier alpha value is -1.86. The maximum atomic E-state index is 12.8. The van der Waals surface area contributed by atoms with Gasteiger partial charge in [0.1, 0.15) is 12.7 Å². The van der Waals surface area contributed by atoms with Crippen LogP contribution in [0.25, 0.3) is 0 Å². The fourth-order valence-electron chi connectivity index (χ4n) is 4.16. The van der Waals surface area contributed by atoms with E-state index in [1.165, 1.54) is 6.33 Å². The van der Waals surface area contributed by atoms with Gasteiger partial charge >= 0.3 is 0 Å². The van der Waals surface area contributed by atoms with Crippen molar-refractivity contribution < 1.29 is 9.90 Å². The zero-order chi connectivity index (χ0) is 17.4. The molecule has 1 saturated heterocycles. The summed E-state index contributed by atoms with van der Waals surface area (Å²) < 4.78 is 1.76. The maximum absolute atomic E-state index is 12.8. The highest BCUT2D eigenvalue weighted by Crippen LogP contribution is 2.41. The van der Waals surface area contributed by atoms with Gasteiger partial charge in [-0.1, -0.05) is 0 Å². The number of carbonyl (C=O) groups excluding carboxylic acids is 1. The second-order valence-electron chi connectivity index (χ2n) is 6.94. The fraction of sp³-hybridized carbons (Fsp3) is 0.500. The molecule has 25 heavy (non-hydrogen) atoms. The lowest BCUT2D eigenvalue weighted by Crippen LogP contribution is -2.36. The molecular formula is C18H22N4O2S. The van der Waals surface area contributed by atoms with E-state index >= 15 is 0 Å². The number of rotatable bonds is 3. The van der Waals surface area contributed by atoms with Gasteiger partial charge in [-0.25, -0.2) is 9.67 Å². The zero-order valence-electron chi connectivity index (χ0n) is 14.2. The standard InChI is InChI=1S/C18H22N4O2S/c1-25-15-4-2-12(3-5-15)18(24)21-8-13-6-16(22-11-19-10-20-22)17(23)7-14(13)9-21/h2-5,10-11,13-14,16-17,23H,6-9H2,1H3/t13-,14+,16-,17-/m1/s1. The minimum absolute atomic E-state index is 0.0420. The summed E-state index contributed by atoms with van der Waals surface area (Å²) in [5.41, 5.74) is 0.741. The van der Waals surface area contributed by atoms with Crippen molar-refractivity contribution in [3.8, 4) is 0 Å². The first-order chi connectivity index (χ1) is 12.2. The number of fused-ring (bicyclic) bond motifs is 1. The quantitative estimate of drug-likeness (QED) is 0.851.